The zero-order chi connectivity index (χ0) is 20.9. The molecule has 0 aromatic heterocycles. The molecule has 5 fully saturated rings. The Labute approximate surface area is 177 Å². The Hall–Kier alpha value is -1.05. The van der Waals surface area contributed by atoms with Gasteiger partial charge in [0.15, 0.2) is 19.4 Å². The first-order valence-corrected chi connectivity index (χ1v) is 11.4. The first kappa shape index (κ1) is 19.6. The van der Waals surface area contributed by atoms with Gasteiger partial charge in [-0.1, -0.05) is 26.0 Å². The zero-order valence-corrected chi connectivity index (χ0v) is 17.9. The Morgan fingerprint density at radius 1 is 1.13 bits per heavy atom. The normalized spacial score (nSPS) is 55.0. The van der Waals surface area contributed by atoms with Gasteiger partial charge < -0.3 is 24.1 Å². The minimum Gasteiger partial charge on any atom is -0.392 e. The molecule has 2 heterocycles. The molecule has 8 atom stereocenters. The highest BCUT2D eigenvalue weighted by Crippen LogP contribution is 2.71. The van der Waals surface area contributed by atoms with E-state index in [0.717, 1.165) is 36.8 Å². The van der Waals surface area contributed by atoms with Gasteiger partial charge >= 0.3 is 0 Å². The number of allylic oxidation sites excluding steroid dienone is 2. The molecule has 0 unspecified atom stereocenters. The number of fused-ring (bicyclic) bond motifs is 7. The first-order valence-electron chi connectivity index (χ1n) is 11.4. The maximum absolute atomic E-state index is 12.2. The van der Waals surface area contributed by atoms with Crippen LogP contribution in [-0.2, 0) is 23.7 Å². The fourth-order valence-corrected chi connectivity index (χ4v) is 8.51. The molecular weight excluding hydrogens is 384 g/mol. The Morgan fingerprint density at radius 2 is 1.93 bits per heavy atom. The summed E-state index contributed by atoms with van der Waals surface area (Å²) in [6, 6.07) is 0. The van der Waals surface area contributed by atoms with Crippen LogP contribution in [0, 0.1) is 28.6 Å². The number of rotatable bonds is 0. The SMILES string of the molecule is C=C1C[C@@H]2[C@H]3CC[C@]4(OCO[C@]45COCO5)[C@]3(C)[C@H](O)C[C@H]2[C@@]2(C)CCC(=O)C=C12. The third kappa shape index (κ3) is 2.06. The number of ketones is 1. The molecule has 164 valence electrons. The van der Waals surface area contributed by atoms with Crippen LogP contribution < -0.4 is 0 Å². The number of aliphatic hydroxyl groups is 1. The molecule has 0 radical (unpaired) electrons. The predicted octanol–water partition coefficient (Wildman–Crippen LogP) is 3.10. The highest BCUT2D eigenvalue weighted by molar-refractivity contribution is 5.92. The van der Waals surface area contributed by atoms with Crippen LogP contribution in [0.2, 0.25) is 0 Å². The minimum absolute atomic E-state index is 0.0936. The third-order valence-corrected chi connectivity index (χ3v) is 10.0. The van der Waals surface area contributed by atoms with Crippen LogP contribution >= 0.6 is 0 Å². The van der Waals surface area contributed by atoms with E-state index in [0.29, 0.717) is 31.3 Å². The largest absolute Gasteiger partial charge is 0.392 e. The van der Waals surface area contributed by atoms with Gasteiger partial charge in [-0.3, -0.25) is 4.79 Å². The van der Waals surface area contributed by atoms with E-state index in [-0.39, 0.29) is 30.7 Å². The fraction of sp³-hybridized carbons (Fsp3) is 0.792. The van der Waals surface area contributed by atoms with Crippen molar-refractivity contribution >= 4 is 5.78 Å². The van der Waals surface area contributed by atoms with Crippen molar-refractivity contribution in [2.24, 2.45) is 28.6 Å². The Bertz CT molecular complexity index is 837. The van der Waals surface area contributed by atoms with Gasteiger partial charge in [0.2, 0.25) is 5.79 Å². The summed E-state index contributed by atoms with van der Waals surface area (Å²) < 4.78 is 24.0. The van der Waals surface area contributed by atoms with E-state index in [4.69, 9.17) is 18.9 Å². The fourth-order valence-electron chi connectivity index (χ4n) is 8.51. The molecule has 0 aromatic rings. The zero-order valence-electron chi connectivity index (χ0n) is 17.9. The Balaban J connectivity index is 1.43. The van der Waals surface area contributed by atoms with E-state index in [1.807, 2.05) is 6.08 Å². The van der Waals surface area contributed by atoms with E-state index in [1.54, 1.807) is 0 Å². The van der Waals surface area contributed by atoms with Crippen molar-refractivity contribution in [1.82, 2.24) is 0 Å². The van der Waals surface area contributed by atoms with Crippen LogP contribution in [0.1, 0.15) is 52.4 Å². The molecule has 6 nitrogen and oxygen atoms in total. The van der Waals surface area contributed by atoms with E-state index >= 15 is 0 Å². The lowest BCUT2D eigenvalue weighted by molar-refractivity contribution is -0.269. The summed E-state index contributed by atoms with van der Waals surface area (Å²) in [5.41, 5.74) is 0.954. The van der Waals surface area contributed by atoms with Gasteiger partial charge in [0.1, 0.15) is 12.2 Å². The summed E-state index contributed by atoms with van der Waals surface area (Å²) >= 11 is 0. The molecule has 0 amide bonds. The second-order valence-corrected chi connectivity index (χ2v) is 10.8. The average molecular weight is 417 g/mol. The van der Waals surface area contributed by atoms with Crippen molar-refractivity contribution in [3.8, 4) is 0 Å². The number of carbonyl (C=O) groups excluding carboxylic acids is 1. The van der Waals surface area contributed by atoms with Gasteiger partial charge in [-0.05, 0) is 66.9 Å². The van der Waals surface area contributed by atoms with Crippen molar-refractivity contribution in [2.75, 3.05) is 20.2 Å². The van der Waals surface area contributed by atoms with Crippen LogP contribution in [0.25, 0.3) is 0 Å². The van der Waals surface area contributed by atoms with Gasteiger partial charge in [-0.25, -0.2) is 0 Å². The molecule has 1 N–H and O–H groups in total. The van der Waals surface area contributed by atoms with Crippen LogP contribution in [0.5, 0.6) is 0 Å². The Morgan fingerprint density at radius 3 is 2.70 bits per heavy atom. The van der Waals surface area contributed by atoms with Crippen LogP contribution in [-0.4, -0.2) is 48.6 Å². The van der Waals surface area contributed by atoms with Crippen LogP contribution in [0.3, 0.4) is 0 Å². The van der Waals surface area contributed by atoms with Crippen molar-refractivity contribution < 1.29 is 28.8 Å². The second-order valence-electron chi connectivity index (χ2n) is 10.8. The lowest BCUT2D eigenvalue weighted by Gasteiger charge is -2.62. The summed E-state index contributed by atoms with van der Waals surface area (Å²) in [4.78, 5) is 12.2. The average Bonchev–Trinajstić information content (AvgIpc) is 3.41. The van der Waals surface area contributed by atoms with Gasteiger partial charge in [-0.15, -0.1) is 0 Å². The van der Waals surface area contributed by atoms with E-state index in [2.05, 4.69) is 20.4 Å². The maximum atomic E-state index is 12.2. The number of ether oxygens (including phenoxy) is 4. The summed E-state index contributed by atoms with van der Waals surface area (Å²) in [7, 11) is 0. The van der Waals surface area contributed by atoms with Crippen molar-refractivity contribution in [3.05, 3.63) is 23.8 Å². The van der Waals surface area contributed by atoms with Gasteiger partial charge in [0, 0.05) is 11.8 Å². The summed E-state index contributed by atoms with van der Waals surface area (Å²) in [5, 5.41) is 11.7. The monoisotopic (exact) mass is 416 g/mol. The number of aliphatic hydroxyl groups excluding tert-OH is 1. The van der Waals surface area contributed by atoms with Crippen LogP contribution in [0.15, 0.2) is 23.8 Å². The van der Waals surface area contributed by atoms with Crippen molar-refractivity contribution in [3.63, 3.8) is 0 Å². The van der Waals surface area contributed by atoms with Crippen molar-refractivity contribution in [2.45, 2.75) is 69.9 Å². The smallest absolute Gasteiger partial charge is 0.226 e. The highest BCUT2D eigenvalue weighted by atomic mass is 16.9. The van der Waals surface area contributed by atoms with Crippen molar-refractivity contribution in [1.29, 1.82) is 0 Å². The topological polar surface area (TPSA) is 74.2 Å². The molecule has 2 saturated heterocycles. The minimum atomic E-state index is -0.928. The lowest BCUT2D eigenvalue weighted by Crippen LogP contribution is -2.68. The van der Waals surface area contributed by atoms with E-state index in [1.165, 1.54) is 0 Å². The van der Waals surface area contributed by atoms with Gasteiger partial charge in [0.05, 0.1) is 6.10 Å². The molecule has 30 heavy (non-hydrogen) atoms. The molecule has 6 heteroatoms. The summed E-state index contributed by atoms with van der Waals surface area (Å²) in [6.07, 6.45) is 6.08. The second kappa shape index (κ2) is 6.04. The third-order valence-electron chi connectivity index (χ3n) is 10.0. The number of carbonyl (C=O) groups is 1. The molecule has 4 aliphatic carbocycles. The first-order chi connectivity index (χ1) is 14.3. The molecule has 2 spiro atoms. The molecule has 6 rings (SSSR count). The molecule has 6 aliphatic rings. The van der Waals surface area contributed by atoms with Crippen LogP contribution in [0.4, 0.5) is 0 Å². The number of hydrogen-bond acceptors (Lipinski definition) is 6. The van der Waals surface area contributed by atoms with Gasteiger partial charge in [-0.2, -0.15) is 0 Å². The number of hydrogen-bond donors (Lipinski definition) is 1. The quantitative estimate of drug-likeness (QED) is 0.654. The summed E-state index contributed by atoms with van der Waals surface area (Å²) in [5.74, 6) is 0.304. The summed E-state index contributed by atoms with van der Waals surface area (Å²) in [6.45, 7) is 9.59. The molecule has 3 saturated carbocycles. The Kier molecular flexibility index (Phi) is 3.95. The standard InChI is InChI=1S/C24H32O6/c1-14-8-16-17-5-7-23(24(30-13-28-23)11-27-12-29-24)22(17,3)20(26)10-19(16)21(2)6-4-15(25)9-18(14)21/h9,16-17,19-20,26H,1,4-8,10-13H2,2-3H3/t16-,17-,19-,20-,21+,22+,23+,24-/m1/s1. The van der Waals surface area contributed by atoms with E-state index in [9.17, 15) is 9.90 Å². The van der Waals surface area contributed by atoms with E-state index < -0.39 is 22.9 Å². The molecular formula is C24H32O6. The lowest BCUT2D eigenvalue weighted by atomic mass is 9.44. The predicted molar refractivity (Wildman–Crippen MR) is 107 cm³/mol. The molecule has 2 aliphatic heterocycles. The molecule has 0 bridgehead atoms. The maximum Gasteiger partial charge on any atom is 0.226 e. The highest BCUT2D eigenvalue weighted by Gasteiger charge is 2.78. The molecule has 0 aromatic carbocycles. The van der Waals surface area contributed by atoms with Gasteiger partial charge in [0.25, 0.3) is 0 Å².